The van der Waals surface area contributed by atoms with Crippen LogP contribution in [0.2, 0.25) is 0 Å². The first-order valence-corrected chi connectivity index (χ1v) is 3.78. The first-order chi connectivity index (χ1) is 6.20. The highest BCUT2D eigenvalue weighted by Crippen LogP contribution is 2.17. The minimum atomic E-state index is -0.605. The van der Waals surface area contributed by atoms with Crippen molar-refractivity contribution in [3.8, 4) is 0 Å². The Morgan fingerprint density at radius 3 is 2.77 bits per heavy atom. The highest BCUT2D eigenvalue weighted by Gasteiger charge is 2.07. The van der Waals surface area contributed by atoms with Crippen LogP contribution in [-0.4, -0.2) is 14.5 Å². The quantitative estimate of drug-likeness (QED) is 0.504. The van der Waals surface area contributed by atoms with Crippen LogP contribution in [0.3, 0.4) is 0 Å². The molecule has 0 radical (unpaired) electrons. The van der Waals surface area contributed by atoms with Crippen molar-refractivity contribution in [2.24, 2.45) is 11.5 Å². The van der Waals surface area contributed by atoms with Gasteiger partial charge in [-0.05, 0) is 6.07 Å². The molecular formula is C7H10N6. The summed E-state index contributed by atoms with van der Waals surface area (Å²) in [5.41, 5.74) is 17.3. The molecule has 2 aromatic heterocycles. The molecule has 0 aromatic carbocycles. The van der Waals surface area contributed by atoms with Gasteiger partial charge in [-0.1, -0.05) is 0 Å². The zero-order chi connectivity index (χ0) is 9.42. The van der Waals surface area contributed by atoms with Gasteiger partial charge in [0.15, 0.2) is 0 Å². The van der Waals surface area contributed by atoms with Gasteiger partial charge in [-0.3, -0.25) is 11.5 Å². The Morgan fingerprint density at radius 1 is 1.31 bits per heavy atom. The summed E-state index contributed by atoms with van der Waals surface area (Å²) in [5, 5.41) is 0.767. The maximum absolute atomic E-state index is 5.62. The van der Waals surface area contributed by atoms with Crippen LogP contribution in [0.5, 0.6) is 0 Å². The molecule has 2 aromatic rings. The predicted molar refractivity (Wildman–Crippen MR) is 49.4 cm³/mol. The third-order valence-electron chi connectivity index (χ3n) is 1.86. The van der Waals surface area contributed by atoms with Gasteiger partial charge in [0.1, 0.15) is 24.1 Å². The van der Waals surface area contributed by atoms with E-state index in [1.807, 2.05) is 0 Å². The number of nitrogens with two attached hydrogens (primary N) is 3. The molecule has 0 spiro atoms. The molecule has 0 aliphatic rings. The summed E-state index contributed by atoms with van der Waals surface area (Å²) < 4.78 is 1.63. The van der Waals surface area contributed by atoms with Crippen molar-refractivity contribution in [2.45, 2.75) is 6.29 Å². The van der Waals surface area contributed by atoms with Gasteiger partial charge in [0.2, 0.25) is 0 Å². The highest BCUT2D eigenvalue weighted by atomic mass is 15.2. The molecule has 68 valence electrons. The summed E-state index contributed by atoms with van der Waals surface area (Å²) in [5.74, 6) is 0.435. The average molecular weight is 178 g/mol. The molecule has 2 heterocycles. The molecule has 0 unspecified atom stereocenters. The van der Waals surface area contributed by atoms with Gasteiger partial charge in [0, 0.05) is 6.20 Å². The van der Waals surface area contributed by atoms with Crippen LogP contribution in [0.1, 0.15) is 6.29 Å². The SMILES string of the molecule is Nc1ncnc2c1ccn2C(N)N. The zero-order valence-electron chi connectivity index (χ0n) is 6.88. The molecule has 0 bridgehead atoms. The third-order valence-corrected chi connectivity index (χ3v) is 1.86. The lowest BCUT2D eigenvalue weighted by Gasteiger charge is -2.07. The molecule has 6 nitrogen and oxygen atoms in total. The number of hydrogen-bond donors (Lipinski definition) is 3. The number of nitrogen functional groups attached to an aromatic ring is 1. The Morgan fingerprint density at radius 2 is 2.08 bits per heavy atom. The summed E-state index contributed by atoms with van der Waals surface area (Å²) in [6.45, 7) is 0. The largest absolute Gasteiger partial charge is 0.383 e. The minimum absolute atomic E-state index is 0.435. The highest BCUT2D eigenvalue weighted by molar-refractivity contribution is 5.85. The van der Waals surface area contributed by atoms with Crippen molar-refractivity contribution in [3.05, 3.63) is 18.6 Å². The van der Waals surface area contributed by atoms with E-state index in [0.29, 0.717) is 11.5 Å². The summed E-state index contributed by atoms with van der Waals surface area (Å²) in [6.07, 6.45) is 2.52. The lowest BCUT2D eigenvalue weighted by molar-refractivity contribution is 0.559. The maximum Gasteiger partial charge on any atom is 0.147 e. The van der Waals surface area contributed by atoms with Crippen LogP contribution in [0.15, 0.2) is 18.6 Å². The van der Waals surface area contributed by atoms with Crippen molar-refractivity contribution < 1.29 is 0 Å². The molecule has 0 aliphatic carbocycles. The molecular weight excluding hydrogens is 168 g/mol. The fraction of sp³-hybridized carbons (Fsp3) is 0.143. The second-order valence-corrected chi connectivity index (χ2v) is 2.71. The Hall–Kier alpha value is -1.66. The lowest BCUT2D eigenvalue weighted by Crippen LogP contribution is -2.26. The van der Waals surface area contributed by atoms with Crippen LogP contribution in [-0.2, 0) is 0 Å². The van der Waals surface area contributed by atoms with Crippen molar-refractivity contribution in [2.75, 3.05) is 5.73 Å². The fourth-order valence-corrected chi connectivity index (χ4v) is 1.23. The molecule has 6 N–H and O–H groups in total. The zero-order valence-corrected chi connectivity index (χ0v) is 6.88. The normalized spacial score (nSPS) is 11.3. The van der Waals surface area contributed by atoms with Crippen molar-refractivity contribution in [1.82, 2.24) is 14.5 Å². The van der Waals surface area contributed by atoms with Gasteiger partial charge in [-0.2, -0.15) is 0 Å². The molecule has 0 saturated heterocycles. The van der Waals surface area contributed by atoms with Gasteiger partial charge in [0.25, 0.3) is 0 Å². The molecule has 13 heavy (non-hydrogen) atoms. The minimum Gasteiger partial charge on any atom is -0.383 e. The summed E-state index contributed by atoms with van der Waals surface area (Å²) in [6, 6.07) is 1.79. The molecule has 0 saturated carbocycles. The third kappa shape index (κ3) is 1.12. The Balaban J connectivity index is 2.75. The molecule has 2 rings (SSSR count). The van der Waals surface area contributed by atoms with E-state index >= 15 is 0 Å². The monoisotopic (exact) mass is 178 g/mol. The average Bonchev–Trinajstić information content (AvgIpc) is 2.48. The van der Waals surface area contributed by atoms with E-state index in [-0.39, 0.29) is 0 Å². The van der Waals surface area contributed by atoms with Gasteiger partial charge < -0.3 is 10.3 Å². The number of fused-ring (bicyclic) bond motifs is 1. The van der Waals surface area contributed by atoms with Crippen molar-refractivity contribution >= 4 is 16.9 Å². The summed E-state index contributed by atoms with van der Waals surface area (Å²) in [7, 11) is 0. The Bertz CT molecular complexity index is 431. The number of hydrogen-bond acceptors (Lipinski definition) is 5. The number of rotatable bonds is 1. The van der Waals surface area contributed by atoms with E-state index in [9.17, 15) is 0 Å². The van der Waals surface area contributed by atoms with E-state index in [1.54, 1.807) is 16.8 Å². The topological polar surface area (TPSA) is 109 Å². The number of nitrogens with zero attached hydrogens (tertiary/aromatic N) is 3. The van der Waals surface area contributed by atoms with Gasteiger partial charge >= 0.3 is 0 Å². The van der Waals surface area contributed by atoms with Crippen LogP contribution in [0.4, 0.5) is 5.82 Å². The summed E-state index contributed by atoms with van der Waals surface area (Å²) in [4.78, 5) is 7.89. The fourth-order valence-electron chi connectivity index (χ4n) is 1.23. The Kier molecular flexibility index (Phi) is 1.64. The smallest absolute Gasteiger partial charge is 0.147 e. The number of aromatic nitrogens is 3. The Labute approximate surface area is 74.4 Å². The second-order valence-electron chi connectivity index (χ2n) is 2.71. The summed E-state index contributed by atoms with van der Waals surface area (Å²) >= 11 is 0. The van der Waals surface area contributed by atoms with Crippen LogP contribution < -0.4 is 17.2 Å². The van der Waals surface area contributed by atoms with Gasteiger partial charge in [-0.25, -0.2) is 9.97 Å². The molecule has 0 amide bonds. The van der Waals surface area contributed by atoms with Gasteiger partial charge in [-0.15, -0.1) is 0 Å². The van der Waals surface area contributed by atoms with E-state index in [0.717, 1.165) is 5.39 Å². The molecule has 0 aliphatic heterocycles. The van der Waals surface area contributed by atoms with Crippen LogP contribution >= 0.6 is 0 Å². The van der Waals surface area contributed by atoms with Crippen molar-refractivity contribution in [3.63, 3.8) is 0 Å². The van der Waals surface area contributed by atoms with Crippen LogP contribution in [0, 0.1) is 0 Å². The van der Waals surface area contributed by atoms with E-state index < -0.39 is 6.29 Å². The first kappa shape index (κ1) is 7.96. The standard InChI is InChI=1S/C7H10N6/c8-5-4-1-2-13(7(9)10)6(4)12-3-11-5/h1-3,7H,9-10H2,(H2,8,11,12). The molecule has 0 fully saturated rings. The van der Waals surface area contributed by atoms with E-state index in [4.69, 9.17) is 17.2 Å². The predicted octanol–water partition coefficient (Wildman–Crippen LogP) is -0.613. The second kappa shape index (κ2) is 2.68. The van der Waals surface area contributed by atoms with Crippen molar-refractivity contribution in [1.29, 1.82) is 0 Å². The molecule has 0 atom stereocenters. The maximum atomic E-state index is 5.62. The number of anilines is 1. The molecule has 6 heteroatoms. The lowest BCUT2D eigenvalue weighted by atomic mass is 10.4. The van der Waals surface area contributed by atoms with E-state index in [2.05, 4.69) is 9.97 Å². The van der Waals surface area contributed by atoms with E-state index in [1.165, 1.54) is 6.33 Å². The van der Waals surface area contributed by atoms with Crippen LogP contribution in [0.25, 0.3) is 11.0 Å². The van der Waals surface area contributed by atoms with Gasteiger partial charge in [0.05, 0.1) is 5.39 Å². The first-order valence-electron chi connectivity index (χ1n) is 3.78.